The van der Waals surface area contributed by atoms with Crippen molar-refractivity contribution < 1.29 is 0 Å². The normalized spacial score (nSPS) is 10.2. The van der Waals surface area contributed by atoms with E-state index >= 15 is 0 Å². The molecule has 0 unspecified atom stereocenters. The Balaban J connectivity index is 3.02. The third-order valence-electron chi connectivity index (χ3n) is 1.65. The van der Waals surface area contributed by atoms with Gasteiger partial charge in [-0.25, -0.2) is 0 Å². The molecule has 0 fully saturated rings. The van der Waals surface area contributed by atoms with Crippen LogP contribution in [0.3, 0.4) is 0 Å². The summed E-state index contributed by atoms with van der Waals surface area (Å²) < 4.78 is 0. The fourth-order valence-electron chi connectivity index (χ4n) is 1.08. The van der Waals surface area contributed by atoms with Gasteiger partial charge in [0.2, 0.25) is 0 Å². The Kier molecular flexibility index (Phi) is 3.92. The molecule has 0 bridgehead atoms. The van der Waals surface area contributed by atoms with Crippen molar-refractivity contribution in [2.75, 3.05) is 13.3 Å². The van der Waals surface area contributed by atoms with Crippen LogP contribution in [0.2, 0.25) is 5.02 Å². The highest BCUT2D eigenvalue weighted by atomic mass is 35.5. The fourth-order valence-corrected chi connectivity index (χ4v) is 2.02. The molecular weight excluding hydrogens is 190 g/mol. The summed E-state index contributed by atoms with van der Waals surface area (Å²) in [5.74, 6) is 0. The van der Waals surface area contributed by atoms with Gasteiger partial charge >= 0.3 is 0 Å². The minimum Gasteiger partial charge on any atom is -0.316 e. The van der Waals surface area contributed by atoms with Gasteiger partial charge < -0.3 is 5.32 Å². The molecule has 1 nitrogen and oxygen atoms in total. The highest BCUT2D eigenvalue weighted by molar-refractivity contribution is 7.98. The van der Waals surface area contributed by atoms with Crippen LogP contribution < -0.4 is 5.32 Å². The van der Waals surface area contributed by atoms with Gasteiger partial charge in [0.1, 0.15) is 0 Å². The Morgan fingerprint density at radius 1 is 1.50 bits per heavy atom. The minimum atomic E-state index is 0.829. The number of hydrogen-bond acceptors (Lipinski definition) is 2. The average molecular weight is 202 g/mol. The highest BCUT2D eigenvalue weighted by Gasteiger charge is 2.03. The SMILES string of the molecule is CNCc1c(Cl)cccc1SC. The maximum absolute atomic E-state index is 6.03. The third-order valence-corrected chi connectivity index (χ3v) is 2.83. The number of hydrogen-bond donors (Lipinski definition) is 1. The Morgan fingerprint density at radius 3 is 2.83 bits per heavy atom. The van der Waals surface area contributed by atoms with E-state index < -0.39 is 0 Å². The predicted octanol–water partition coefficient (Wildman–Crippen LogP) is 2.78. The summed E-state index contributed by atoms with van der Waals surface area (Å²) in [6.45, 7) is 0.829. The molecule has 0 aliphatic carbocycles. The van der Waals surface area contributed by atoms with E-state index in [4.69, 9.17) is 11.6 Å². The van der Waals surface area contributed by atoms with Gasteiger partial charge in [-0.1, -0.05) is 17.7 Å². The first-order valence-electron chi connectivity index (χ1n) is 3.75. The van der Waals surface area contributed by atoms with Crippen LogP contribution in [0.1, 0.15) is 5.56 Å². The molecule has 66 valence electrons. The van der Waals surface area contributed by atoms with Crippen LogP contribution in [0, 0.1) is 0 Å². The Bertz CT molecular complexity index is 263. The van der Waals surface area contributed by atoms with Gasteiger partial charge in [-0.15, -0.1) is 11.8 Å². The molecule has 1 N–H and O–H groups in total. The highest BCUT2D eigenvalue weighted by Crippen LogP contribution is 2.26. The van der Waals surface area contributed by atoms with Crippen LogP contribution in [0.25, 0.3) is 0 Å². The van der Waals surface area contributed by atoms with Crippen LogP contribution in [-0.4, -0.2) is 13.3 Å². The molecule has 0 saturated carbocycles. The molecule has 0 heterocycles. The molecular formula is C9H12ClNS. The lowest BCUT2D eigenvalue weighted by Gasteiger charge is -2.07. The molecule has 0 radical (unpaired) electrons. The predicted molar refractivity (Wildman–Crippen MR) is 56.0 cm³/mol. The maximum Gasteiger partial charge on any atom is 0.0462 e. The van der Waals surface area contributed by atoms with Gasteiger partial charge in [-0.3, -0.25) is 0 Å². The van der Waals surface area contributed by atoms with E-state index in [1.807, 2.05) is 19.2 Å². The molecule has 1 rings (SSSR count). The van der Waals surface area contributed by atoms with Gasteiger partial charge in [-0.2, -0.15) is 0 Å². The van der Waals surface area contributed by atoms with E-state index in [9.17, 15) is 0 Å². The summed E-state index contributed by atoms with van der Waals surface area (Å²) in [4.78, 5) is 1.25. The van der Waals surface area contributed by atoms with Gasteiger partial charge in [0.05, 0.1) is 0 Å². The molecule has 0 amide bonds. The maximum atomic E-state index is 6.03. The van der Waals surface area contributed by atoms with Gasteiger partial charge in [0.15, 0.2) is 0 Å². The van der Waals surface area contributed by atoms with Crippen molar-refractivity contribution in [2.24, 2.45) is 0 Å². The summed E-state index contributed by atoms with van der Waals surface area (Å²) in [5, 5.41) is 3.95. The molecule has 12 heavy (non-hydrogen) atoms. The summed E-state index contributed by atoms with van der Waals surface area (Å²) in [5.41, 5.74) is 1.19. The van der Waals surface area contributed by atoms with E-state index in [0.717, 1.165) is 11.6 Å². The van der Waals surface area contributed by atoms with Gasteiger partial charge in [-0.05, 0) is 31.0 Å². The monoisotopic (exact) mass is 201 g/mol. The second kappa shape index (κ2) is 4.75. The summed E-state index contributed by atoms with van der Waals surface area (Å²) in [7, 11) is 1.92. The molecule has 0 aromatic heterocycles. The quantitative estimate of drug-likeness (QED) is 0.755. The van der Waals surface area contributed by atoms with Crippen molar-refractivity contribution in [2.45, 2.75) is 11.4 Å². The van der Waals surface area contributed by atoms with Gasteiger partial charge in [0.25, 0.3) is 0 Å². The third kappa shape index (κ3) is 2.16. The van der Waals surface area contributed by atoms with Crippen molar-refractivity contribution in [1.29, 1.82) is 0 Å². The zero-order chi connectivity index (χ0) is 8.97. The number of benzene rings is 1. The number of nitrogens with one attached hydrogen (secondary N) is 1. The van der Waals surface area contributed by atoms with E-state index in [1.165, 1.54) is 10.5 Å². The number of thioether (sulfide) groups is 1. The number of rotatable bonds is 3. The lowest BCUT2D eigenvalue weighted by Crippen LogP contribution is -2.06. The fraction of sp³-hybridized carbons (Fsp3) is 0.333. The smallest absolute Gasteiger partial charge is 0.0462 e. The van der Waals surface area contributed by atoms with Gasteiger partial charge in [0, 0.05) is 16.5 Å². The lowest BCUT2D eigenvalue weighted by molar-refractivity contribution is 0.804. The van der Waals surface area contributed by atoms with Crippen molar-refractivity contribution in [3.63, 3.8) is 0 Å². The van der Waals surface area contributed by atoms with Crippen molar-refractivity contribution >= 4 is 23.4 Å². The topological polar surface area (TPSA) is 12.0 Å². The zero-order valence-corrected chi connectivity index (χ0v) is 8.80. The standard InChI is InChI=1S/C9H12ClNS/c1-11-6-7-8(10)4-3-5-9(7)12-2/h3-5,11H,6H2,1-2H3. The second-order valence-corrected chi connectivity index (χ2v) is 3.71. The zero-order valence-electron chi connectivity index (χ0n) is 7.23. The van der Waals surface area contributed by atoms with Crippen molar-refractivity contribution in [3.8, 4) is 0 Å². The first kappa shape index (κ1) is 9.90. The van der Waals surface area contributed by atoms with Crippen LogP contribution in [-0.2, 0) is 6.54 Å². The first-order chi connectivity index (χ1) is 5.79. The van der Waals surface area contributed by atoms with E-state index in [-0.39, 0.29) is 0 Å². The molecule has 0 saturated heterocycles. The van der Waals surface area contributed by atoms with E-state index in [2.05, 4.69) is 17.6 Å². The first-order valence-corrected chi connectivity index (χ1v) is 5.36. The lowest BCUT2D eigenvalue weighted by atomic mass is 10.2. The van der Waals surface area contributed by atoms with Crippen molar-refractivity contribution in [3.05, 3.63) is 28.8 Å². The van der Waals surface area contributed by atoms with Crippen LogP contribution in [0.4, 0.5) is 0 Å². The molecule has 0 aliphatic rings. The molecule has 1 aromatic carbocycles. The second-order valence-electron chi connectivity index (χ2n) is 2.45. The Morgan fingerprint density at radius 2 is 2.25 bits per heavy atom. The minimum absolute atomic E-state index is 0.829. The molecule has 3 heteroatoms. The van der Waals surface area contributed by atoms with Crippen molar-refractivity contribution in [1.82, 2.24) is 5.32 Å². The van der Waals surface area contributed by atoms with Crippen LogP contribution >= 0.6 is 23.4 Å². The summed E-state index contributed by atoms with van der Waals surface area (Å²) in [6.07, 6.45) is 2.06. The Hall–Kier alpha value is -0.180. The molecule has 0 aliphatic heterocycles. The van der Waals surface area contributed by atoms with E-state index in [0.29, 0.717) is 0 Å². The van der Waals surface area contributed by atoms with E-state index in [1.54, 1.807) is 11.8 Å². The summed E-state index contributed by atoms with van der Waals surface area (Å²) in [6, 6.07) is 5.99. The molecule has 1 aromatic rings. The van der Waals surface area contributed by atoms with Crippen LogP contribution in [0.15, 0.2) is 23.1 Å². The molecule has 0 spiro atoms. The summed E-state index contributed by atoms with van der Waals surface area (Å²) >= 11 is 7.76. The number of halogens is 1. The average Bonchev–Trinajstić information content (AvgIpc) is 2.09. The Labute approximate surface area is 82.5 Å². The molecule has 0 atom stereocenters. The van der Waals surface area contributed by atoms with Crippen LogP contribution in [0.5, 0.6) is 0 Å². The largest absolute Gasteiger partial charge is 0.316 e.